The van der Waals surface area contributed by atoms with Gasteiger partial charge < -0.3 is 0 Å². The van der Waals surface area contributed by atoms with Gasteiger partial charge in [-0.3, -0.25) is 0 Å². The Hall–Kier alpha value is -0.310. The van der Waals surface area contributed by atoms with Gasteiger partial charge in [-0.25, -0.2) is 0 Å². The molecule has 94 valence electrons. The van der Waals surface area contributed by atoms with E-state index in [0.717, 1.165) is 15.1 Å². The molecular weight excluding hydrogens is 375 g/mol. The van der Waals surface area contributed by atoms with Crippen molar-refractivity contribution < 1.29 is 0 Å². The molecule has 18 heavy (non-hydrogen) atoms. The van der Waals surface area contributed by atoms with Crippen molar-refractivity contribution in [3.05, 3.63) is 68.1 Å². The lowest BCUT2D eigenvalue weighted by Gasteiger charge is -2.14. The van der Waals surface area contributed by atoms with Crippen LogP contribution in [-0.2, 0) is 0 Å². The molecule has 0 saturated carbocycles. The molecule has 0 aliphatic heterocycles. The molecule has 0 fully saturated rings. The van der Waals surface area contributed by atoms with Gasteiger partial charge in [0.05, 0.1) is 4.83 Å². The highest BCUT2D eigenvalue weighted by atomic mass is 79.9. The smallest absolute Gasteiger partial charge is 0.0656 e. The second-order valence-electron chi connectivity index (χ2n) is 4.37. The highest BCUT2D eigenvalue weighted by Crippen LogP contribution is 2.37. The van der Waals surface area contributed by atoms with Crippen LogP contribution in [-0.4, -0.2) is 0 Å². The summed E-state index contributed by atoms with van der Waals surface area (Å²) >= 11 is 13.4. The van der Waals surface area contributed by atoms with Crippen LogP contribution >= 0.6 is 43.5 Å². The lowest BCUT2D eigenvalue weighted by atomic mass is 10.0. The van der Waals surface area contributed by atoms with Crippen LogP contribution in [0.25, 0.3) is 0 Å². The molecule has 0 aromatic heterocycles. The molecule has 0 N–H and O–H groups in total. The third kappa shape index (κ3) is 2.98. The quantitative estimate of drug-likeness (QED) is 0.537. The third-order valence-corrected chi connectivity index (χ3v) is 5.03. The summed E-state index contributed by atoms with van der Waals surface area (Å²) in [4.78, 5) is 0.143. The molecule has 0 aliphatic carbocycles. The fourth-order valence-electron chi connectivity index (χ4n) is 1.81. The standard InChI is InChI=1S/C15H13Br2Cl/c1-9-3-4-11(7-10(9)2)15(17)13-8-12(18)5-6-14(13)16/h3-8,15H,1-2H3. The molecule has 1 atom stereocenters. The van der Waals surface area contributed by atoms with E-state index in [1.54, 1.807) is 0 Å². The molecule has 2 aromatic rings. The van der Waals surface area contributed by atoms with Crippen molar-refractivity contribution in [2.75, 3.05) is 0 Å². The fourth-order valence-corrected chi connectivity index (χ4v) is 3.44. The Bertz CT molecular complexity index is 579. The van der Waals surface area contributed by atoms with E-state index in [1.807, 2.05) is 18.2 Å². The van der Waals surface area contributed by atoms with E-state index in [-0.39, 0.29) is 4.83 Å². The minimum Gasteiger partial charge on any atom is -0.0843 e. The van der Waals surface area contributed by atoms with Gasteiger partial charge in [0.2, 0.25) is 0 Å². The largest absolute Gasteiger partial charge is 0.0843 e. The molecule has 0 aliphatic rings. The van der Waals surface area contributed by atoms with Crippen LogP contribution in [0.15, 0.2) is 40.9 Å². The first-order valence-corrected chi connectivity index (χ1v) is 7.74. The molecule has 0 heterocycles. The van der Waals surface area contributed by atoms with Crippen LogP contribution in [0.3, 0.4) is 0 Å². The molecule has 0 spiro atoms. The summed E-state index contributed by atoms with van der Waals surface area (Å²) in [6.45, 7) is 4.25. The summed E-state index contributed by atoms with van der Waals surface area (Å²) < 4.78 is 1.06. The van der Waals surface area contributed by atoms with E-state index in [4.69, 9.17) is 11.6 Å². The minimum atomic E-state index is 0.143. The van der Waals surface area contributed by atoms with Crippen LogP contribution in [0.2, 0.25) is 5.02 Å². The highest BCUT2D eigenvalue weighted by Gasteiger charge is 2.14. The molecule has 2 aromatic carbocycles. The van der Waals surface area contributed by atoms with Crippen molar-refractivity contribution in [2.24, 2.45) is 0 Å². The van der Waals surface area contributed by atoms with E-state index < -0.39 is 0 Å². The SMILES string of the molecule is Cc1ccc(C(Br)c2cc(Cl)ccc2Br)cc1C. The van der Waals surface area contributed by atoms with Crippen LogP contribution < -0.4 is 0 Å². The second kappa shape index (κ2) is 5.77. The van der Waals surface area contributed by atoms with Gasteiger partial charge in [0, 0.05) is 9.50 Å². The van der Waals surface area contributed by atoms with Crippen molar-refractivity contribution in [1.82, 2.24) is 0 Å². The fraction of sp³-hybridized carbons (Fsp3) is 0.200. The summed E-state index contributed by atoms with van der Waals surface area (Å²) in [5.41, 5.74) is 4.99. The summed E-state index contributed by atoms with van der Waals surface area (Å²) in [6.07, 6.45) is 0. The summed E-state index contributed by atoms with van der Waals surface area (Å²) in [5, 5.41) is 0.751. The molecule has 0 nitrogen and oxygen atoms in total. The monoisotopic (exact) mass is 386 g/mol. The van der Waals surface area contributed by atoms with Crippen LogP contribution in [0.4, 0.5) is 0 Å². The van der Waals surface area contributed by atoms with E-state index in [2.05, 4.69) is 63.9 Å². The van der Waals surface area contributed by atoms with Gasteiger partial charge in [0.1, 0.15) is 0 Å². The van der Waals surface area contributed by atoms with Crippen molar-refractivity contribution in [3.63, 3.8) is 0 Å². The predicted molar refractivity (Wildman–Crippen MR) is 85.8 cm³/mol. The molecule has 0 saturated heterocycles. The van der Waals surface area contributed by atoms with E-state index in [0.29, 0.717) is 0 Å². The van der Waals surface area contributed by atoms with Gasteiger partial charge in [0.25, 0.3) is 0 Å². The number of alkyl halides is 1. The minimum absolute atomic E-state index is 0.143. The Balaban J connectivity index is 2.44. The topological polar surface area (TPSA) is 0 Å². The number of hydrogen-bond acceptors (Lipinski definition) is 0. The van der Waals surface area contributed by atoms with Gasteiger partial charge in [0.15, 0.2) is 0 Å². The zero-order chi connectivity index (χ0) is 13.3. The van der Waals surface area contributed by atoms with Crippen molar-refractivity contribution in [3.8, 4) is 0 Å². The third-order valence-electron chi connectivity index (χ3n) is 3.05. The first kappa shape index (κ1) is 14.1. The van der Waals surface area contributed by atoms with Gasteiger partial charge in [-0.2, -0.15) is 0 Å². The maximum Gasteiger partial charge on any atom is 0.0656 e. The van der Waals surface area contributed by atoms with Gasteiger partial charge in [-0.1, -0.05) is 61.7 Å². The first-order valence-electron chi connectivity index (χ1n) is 5.65. The predicted octanol–water partition coefficient (Wildman–Crippen LogP) is 6.20. The average Bonchev–Trinajstić information content (AvgIpc) is 2.35. The summed E-state index contributed by atoms with van der Waals surface area (Å²) in [7, 11) is 0. The van der Waals surface area contributed by atoms with Crippen molar-refractivity contribution >= 4 is 43.5 Å². The van der Waals surface area contributed by atoms with Crippen molar-refractivity contribution in [2.45, 2.75) is 18.7 Å². The number of hydrogen-bond donors (Lipinski definition) is 0. The first-order chi connectivity index (χ1) is 8.49. The number of benzene rings is 2. The maximum atomic E-state index is 6.06. The molecule has 3 heteroatoms. The Morgan fingerprint density at radius 2 is 1.72 bits per heavy atom. The Labute approximate surface area is 130 Å². The molecule has 0 radical (unpaired) electrons. The second-order valence-corrected chi connectivity index (χ2v) is 6.58. The average molecular weight is 389 g/mol. The lowest BCUT2D eigenvalue weighted by molar-refractivity contribution is 1.14. The lowest BCUT2D eigenvalue weighted by Crippen LogP contribution is -1.95. The number of rotatable bonds is 2. The number of halogens is 3. The van der Waals surface area contributed by atoms with Crippen LogP contribution in [0.5, 0.6) is 0 Å². The van der Waals surface area contributed by atoms with Crippen LogP contribution in [0, 0.1) is 13.8 Å². The summed E-state index contributed by atoms with van der Waals surface area (Å²) in [6, 6.07) is 12.4. The molecule has 2 rings (SSSR count). The zero-order valence-corrected chi connectivity index (χ0v) is 14.1. The molecular formula is C15H13Br2Cl. The Morgan fingerprint density at radius 3 is 2.39 bits per heavy atom. The van der Waals surface area contributed by atoms with Crippen LogP contribution in [0.1, 0.15) is 27.1 Å². The Kier molecular flexibility index (Phi) is 4.52. The van der Waals surface area contributed by atoms with E-state index >= 15 is 0 Å². The highest BCUT2D eigenvalue weighted by molar-refractivity contribution is 9.11. The molecule has 1 unspecified atom stereocenters. The normalized spacial score (nSPS) is 12.5. The molecule has 0 bridgehead atoms. The summed E-state index contributed by atoms with van der Waals surface area (Å²) in [5.74, 6) is 0. The van der Waals surface area contributed by atoms with Crippen molar-refractivity contribution in [1.29, 1.82) is 0 Å². The van der Waals surface area contributed by atoms with Gasteiger partial charge in [-0.15, -0.1) is 0 Å². The zero-order valence-electron chi connectivity index (χ0n) is 10.2. The number of aryl methyl sites for hydroxylation is 2. The van der Waals surface area contributed by atoms with Gasteiger partial charge in [-0.05, 0) is 54.3 Å². The van der Waals surface area contributed by atoms with Gasteiger partial charge >= 0.3 is 0 Å². The Morgan fingerprint density at radius 1 is 1.00 bits per heavy atom. The maximum absolute atomic E-state index is 6.06. The van der Waals surface area contributed by atoms with E-state index in [1.165, 1.54) is 16.7 Å². The van der Waals surface area contributed by atoms with E-state index in [9.17, 15) is 0 Å². The molecule has 0 amide bonds.